The fourth-order valence-corrected chi connectivity index (χ4v) is 7.52. The summed E-state index contributed by atoms with van der Waals surface area (Å²) in [4.78, 5) is 10.6. The van der Waals surface area contributed by atoms with Crippen LogP contribution in [0.4, 0.5) is 0 Å². The molecule has 0 radical (unpaired) electrons. The quantitative estimate of drug-likeness (QED) is 0.197. The van der Waals surface area contributed by atoms with Crippen LogP contribution in [0.3, 0.4) is 0 Å². The highest BCUT2D eigenvalue weighted by Gasteiger charge is 2.24. The van der Waals surface area contributed by atoms with Crippen LogP contribution in [0.25, 0.3) is 65.4 Å². The second-order valence-electron chi connectivity index (χ2n) is 12.5. The number of aliphatic imine (C=N–C) groups is 2. The van der Waals surface area contributed by atoms with E-state index in [0.29, 0.717) is 5.84 Å². The number of para-hydroxylation sites is 1. The lowest BCUT2D eigenvalue weighted by Crippen LogP contribution is -2.33. The van der Waals surface area contributed by atoms with E-state index < -0.39 is 0 Å². The summed E-state index contributed by atoms with van der Waals surface area (Å²) in [5.74, 6) is 1.52. The molecule has 1 atom stereocenters. The number of nitrogens with one attached hydrogen (secondary N) is 1. The highest BCUT2D eigenvalue weighted by Crippen LogP contribution is 2.41. The van der Waals surface area contributed by atoms with Crippen LogP contribution in [-0.2, 0) is 0 Å². The first-order valence-corrected chi connectivity index (χ1v) is 16.6. The molecule has 0 saturated carbocycles. The van der Waals surface area contributed by atoms with Crippen molar-refractivity contribution in [2.75, 3.05) is 0 Å². The molecule has 0 amide bonds. The minimum absolute atomic E-state index is 0.363. The molecule has 0 bridgehead atoms. The molecule has 0 spiro atoms. The molecule has 1 N–H and O–H groups in total. The molecule has 0 fully saturated rings. The lowest BCUT2D eigenvalue weighted by molar-refractivity contribution is 0.669. The molecule has 9 aromatic rings. The molecule has 1 aromatic heterocycles. The van der Waals surface area contributed by atoms with Crippen LogP contribution in [0.1, 0.15) is 22.9 Å². The fraction of sp³-hybridized carbons (Fsp3) is 0.0222. The van der Waals surface area contributed by atoms with E-state index in [-0.39, 0.29) is 6.17 Å². The first kappa shape index (κ1) is 27.6. The highest BCUT2D eigenvalue weighted by molar-refractivity contribution is 6.22. The molecule has 1 aliphatic heterocycles. The van der Waals surface area contributed by atoms with E-state index in [9.17, 15) is 0 Å². The lowest BCUT2D eigenvalue weighted by Gasteiger charge is -2.25. The standard InChI is InChI=1S/C45H29N3O/c1-2-13-28(14-3-1)43-46-44(48-45(47-43)39-27-29-15-4-5-16-30(29)31-17-6-7-18-35(31)39)37-24-11-20-32-33(21-10-22-34(32)37)36-23-12-26-41-42(36)38-19-8-9-25-40(38)49-41/h1-27,44H,(H,46,47,48). The second-order valence-corrected chi connectivity index (χ2v) is 12.5. The van der Waals surface area contributed by atoms with E-state index in [4.69, 9.17) is 14.4 Å². The summed E-state index contributed by atoms with van der Waals surface area (Å²) in [5.41, 5.74) is 7.23. The Morgan fingerprint density at radius 1 is 0.469 bits per heavy atom. The van der Waals surface area contributed by atoms with Crippen LogP contribution < -0.4 is 5.32 Å². The molecule has 0 saturated heterocycles. The number of furan rings is 1. The zero-order chi connectivity index (χ0) is 32.3. The van der Waals surface area contributed by atoms with Gasteiger partial charge in [0.25, 0.3) is 0 Å². The van der Waals surface area contributed by atoms with Crippen molar-refractivity contribution in [2.24, 2.45) is 9.98 Å². The maximum absolute atomic E-state index is 6.27. The van der Waals surface area contributed by atoms with Crippen LogP contribution >= 0.6 is 0 Å². The molecule has 230 valence electrons. The molecule has 1 aliphatic rings. The van der Waals surface area contributed by atoms with E-state index in [0.717, 1.165) is 71.8 Å². The molecule has 8 aromatic carbocycles. The highest BCUT2D eigenvalue weighted by atomic mass is 16.3. The van der Waals surface area contributed by atoms with E-state index in [1.165, 1.54) is 16.2 Å². The Labute approximate surface area is 282 Å². The Morgan fingerprint density at radius 3 is 2.00 bits per heavy atom. The molecule has 4 nitrogen and oxygen atoms in total. The van der Waals surface area contributed by atoms with Crippen LogP contribution in [0, 0.1) is 0 Å². The fourth-order valence-electron chi connectivity index (χ4n) is 7.52. The smallest absolute Gasteiger partial charge is 0.160 e. The van der Waals surface area contributed by atoms with E-state index >= 15 is 0 Å². The number of amidine groups is 2. The topological polar surface area (TPSA) is 49.9 Å². The average Bonchev–Trinajstić information content (AvgIpc) is 3.56. The zero-order valence-corrected chi connectivity index (χ0v) is 26.5. The Hall–Kier alpha value is -6.52. The molecule has 10 rings (SSSR count). The maximum atomic E-state index is 6.27. The van der Waals surface area contributed by atoms with Gasteiger partial charge in [0.1, 0.15) is 23.2 Å². The van der Waals surface area contributed by atoms with Crippen LogP contribution in [0.15, 0.2) is 178 Å². The van der Waals surface area contributed by atoms with Crippen molar-refractivity contribution >= 4 is 65.9 Å². The summed E-state index contributed by atoms with van der Waals surface area (Å²) in [5, 5.41) is 13.0. The van der Waals surface area contributed by atoms with Gasteiger partial charge in [-0.05, 0) is 61.6 Å². The Morgan fingerprint density at radius 2 is 1.10 bits per heavy atom. The molecule has 49 heavy (non-hydrogen) atoms. The third kappa shape index (κ3) is 4.45. The van der Waals surface area contributed by atoms with Gasteiger partial charge in [-0.2, -0.15) is 0 Å². The van der Waals surface area contributed by atoms with Crippen LogP contribution in [-0.4, -0.2) is 11.7 Å². The Kier molecular flexibility index (Phi) is 6.21. The van der Waals surface area contributed by atoms with Crippen molar-refractivity contribution in [3.8, 4) is 11.1 Å². The summed E-state index contributed by atoms with van der Waals surface area (Å²) >= 11 is 0. The maximum Gasteiger partial charge on any atom is 0.160 e. The largest absolute Gasteiger partial charge is 0.456 e. The van der Waals surface area contributed by atoms with Gasteiger partial charge < -0.3 is 9.73 Å². The Bertz CT molecular complexity index is 2810. The van der Waals surface area contributed by atoms with Gasteiger partial charge in [-0.25, -0.2) is 9.98 Å². The number of fused-ring (bicyclic) bond motifs is 7. The second kappa shape index (κ2) is 11.0. The number of rotatable bonds is 4. The summed E-state index contributed by atoms with van der Waals surface area (Å²) in [6.07, 6.45) is -0.363. The normalized spacial score (nSPS) is 14.7. The van der Waals surface area contributed by atoms with Crippen LogP contribution in [0.2, 0.25) is 0 Å². The minimum Gasteiger partial charge on any atom is -0.456 e. The molecular weight excluding hydrogens is 599 g/mol. The summed E-state index contributed by atoms with van der Waals surface area (Å²) in [6, 6.07) is 57.4. The number of nitrogens with zero attached hydrogens (tertiary/aromatic N) is 2. The van der Waals surface area contributed by atoms with E-state index in [1.54, 1.807) is 0 Å². The van der Waals surface area contributed by atoms with Crippen molar-refractivity contribution < 1.29 is 4.42 Å². The predicted molar refractivity (Wildman–Crippen MR) is 204 cm³/mol. The van der Waals surface area contributed by atoms with Crippen LogP contribution in [0.5, 0.6) is 0 Å². The number of benzene rings is 8. The predicted octanol–water partition coefficient (Wildman–Crippen LogP) is 11.2. The van der Waals surface area contributed by atoms with Gasteiger partial charge >= 0.3 is 0 Å². The molecule has 2 heterocycles. The number of hydrogen-bond acceptors (Lipinski definition) is 4. The van der Waals surface area contributed by atoms with Gasteiger partial charge in [0.2, 0.25) is 0 Å². The van der Waals surface area contributed by atoms with Gasteiger partial charge in [0, 0.05) is 27.5 Å². The number of hydrogen-bond donors (Lipinski definition) is 1. The van der Waals surface area contributed by atoms with Crippen molar-refractivity contribution in [1.82, 2.24) is 5.32 Å². The third-order valence-corrected chi connectivity index (χ3v) is 9.74. The molecular formula is C45H29N3O. The van der Waals surface area contributed by atoms with Crippen molar-refractivity contribution in [2.45, 2.75) is 6.17 Å². The summed E-state index contributed by atoms with van der Waals surface area (Å²) in [7, 11) is 0. The first-order valence-electron chi connectivity index (χ1n) is 16.6. The summed E-state index contributed by atoms with van der Waals surface area (Å²) in [6.45, 7) is 0. The van der Waals surface area contributed by atoms with Crippen molar-refractivity contribution in [1.29, 1.82) is 0 Å². The third-order valence-electron chi connectivity index (χ3n) is 9.74. The summed E-state index contributed by atoms with van der Waals surface area (Å²) < 4.78 is 6.27. The minimum atomic E-state index is -0.363. The van der Waals surface area contributed by atoms with E-state index in [1.807, 2.05) is 18.2 Å². The van der Waals surface area contributed by atoms with Gasteiger partial charge in [-0.15, -0.1) is 0 Å². The van der Waals surface area contributed by atoms with Crippen molar-refractivity contribution in [3.63, 3.8) is 0 Å². The molecule has 1 unspecified atom stereocenters. The van der Waals surface area contributed by atoms with E-state index in [2.05, 4.69) is 151 Å². The molecule has 0 aliphatic carbocycles. The van der Waals surface area contributed by atoms with Gasteiger partial charge in [-0.3, -0.25) is 0 Å². The first-order chi connectivity index (χ1) is 24.3. The zero-order valence-electron chi connectivity index (χ0n) is 26.5. The Balaban J connectivity index is 1.19. The van der Waals surface area contributed by atoms with Gasteiger partial charge in [-0.1, -0.05) is 146 Å². The SMILES string of the molecule is c1ccc(C2=NC(c3cc4ccccc4c4ccccc34)=NC(c3cccc4c(-c5cccc6oc7ccccc7c56)cccc34)N2)cc1. The molecule has 4 heteroatoms. The average molecular weight is 628 g/mol. The van der Waals surface area contributed by atoms with Gasteiger partial charge in [0.15, 0.2) is 5.84 Å². The van der Waals surface area contributed by atoms with Crippen molar-refractivity contribution in [3.05, 3.63) is 180 Å². The van der Waals surface area contributed by atoms with Gasteiger partial charge in [0.05, 0.1) is 0 Å². The lowest BCUT2D eigenvalue weighted by atomic mass is 9.92. The monoisotopic (exact) mass is 627 g/mol.